The van der Waals surface area contributed by atoms with Crippen LogP contribution in [0.2, 0.25) is 0 Å². The number of nitrogens with zero attached hydrogens (tertiary/aromatic N) is 2. The first kappa shape index (κ1) is 16.6. The zero-order valence-electron chi connectivity index (χ0n) is 13.2. The molecular weight excluding hydrogens is 292 g/mol. The number of pyridine rings is 1. The Morgan fingerprint density at radius 1 is 1.09 bits per heavy atom. The highest BCUT2D eigenvalue weighted by atomic mass is 16.2. The number of rotatable bonds is 6. The number of nitrogens with two attached hydrogens (primary N) is 1. The van der Waals surface area contributed by atoms with Crippen LogP contribution >= 0.6 is 0 Å². The van der Waals surface area contributed by atoms with Crippen molar-refractivity contribution in [3.05, 3.63) is 59.4 Å². The van der Waals surface area contributed by atoms with Gasteiger partial charge in [-0.1, -0.05) is 24.3 Å². The van der Waals surface area contributed by atoms with Crippen molar-refractivity contribution in [3.8, 4) is 0 Å². The molecule has 3 N–H and O–H groups in total. The van der Waals surface area contributed by atoms with E-state index < -0.39 is 5.91 Å². The summed E-state index contributed by atoms with van der Waals surface area (Å²) in [6, 6.07) is 12.2. The summed E-state index contributed by atoms with van der Waals surface area (Å²) in [6.07, 6.45) is 0.818. The molecule has 0 aliphatic rings. The number of carbonyl (C=O) groups excluding carboxylic acids is 2. The summed E-state index contributed by atoms with van der Waals surface area (Å²) in [5, 5.41) is 2.84. The summed E-state index contributed by atoms with van der Waals surface area (Å²) in [4.78, 5) is 29.6. The van der Waals surface area contributed by atoms with Crippen molar-refractivity contribution in [1.82, 2.24) is 9.88 Å². The van der Waals surface area contributed by atoms with Gasteiger partial charge in [0.15, 0.2) is 0 Å². The van der Waals surface area contributed by atoms with Crippen LogP contribution in [0.5, 0.6) is 0 Å². The summed E-state index contributed by atoms with van der Waals surface area (Å²) in [6.45, 7) is 0.877. The molecule has 0 radical (unpaired) electrons. The van der Waals surface area contributed by atoms with E-state index in [-0.39, 0.29) is 17.3 Å². The smallest absolute Gasteiger partial charge is 0.274 e. The van der Waals surface area contributed by atoms with Crippen LogP contribution in [0, 0.1) is 0 Å². The fourth-order valence-electron chi connectivity index (χ4n) is 2.09. The predicted octanol–water partition coefficient (Wildman–Crippen LogP) is 1.54. The molecule has 6 nitrogen and oxygen atoms in total. The molecule has 1 heterocycles. The second-order valence-corrected chi connectivity index (χ2v) is 5.44. The quantitative estimate of drug-likeness (QED) is 0.847. The van der Waals surface area contributed by atoms with Crippen LogP contribution in [-0.2, 0) is 6.42 Å². The molecule has 1 aromatic heterocycles. The number of anilines is 1. The van der Waals surface area contributed by atoms with Crippen molar-refractivity contribution in [2.45, 2.75) is 6.42 Å². The normalized spacial score (nSPS) is 10.6. The van der Waals surface area contributed by atoms with Gasteiger partial charge in [0, 0.05) is 12.2 Å². The van der Waals surface area contributed by atoms with Crippen molar-refractivity contribution < 1.29 is 9.59 Å². The first-order valence-corrected chi connectivity index (χ1v) is 7.28. The molecule has 0 saturated heterocycles. The number of carbonyl (C=O) groups is 2. The number of hydrogen-bond acceptors (Lipinski definition) is 4. The Labute approximate surface area is 135 Å². The van der Waals surface area contributed by atoms with Crippen LogP contribution < -0.4 is 11.1 Å². The molecule has 0 spiro atoms. The maximum absolute atomic E-state index is 12.3. The van der Waals surface area contributed by atoms with Gasteiger partial charge >= 0.3 is 0 Å². The molecule has 0 atom stereocenters. The minimum Gasteiger partial charge on any atom is -0.364 e. The maximum Gasteiger partial charge on any atom is 0.274 e. The molecular formula is C17H20N4O2. The van der Waals surface area contributed by atoms with Gasteiger partial charge in [-0.05, 0) is 44.3 Å². The van der Waals surface area contributed by atoms with E-state index in [2.05, 4.69) is 15.2 Å². The molecule has 0 aliphatic carbocycles. The summed E-state index contributed by atoms with van der Waals surface area (Å²) in [7, 11) is 4.00. The topological polar surface area (TPSA) is 88.3 Å². The zero-order chi connectivity index (χ0) is 16.8. The first-order valence-electron chi connectivity index (χ1n) is 7.28. The van der Waals surface area contributed by atoms with Gasteiger partial charge in [0.25, 0.3) is 11.8 Å². The average molecular weight is 312 g/mol. The minimum absolute atomic E-state index is 0.0681. The Morgan fingerprint density at radius 3 is 2.48 bits per heavy atom. The monoisotopic (exact) mass is 312 g/mol. The molecule has 0 fully saturated rings. The lowest BCUT2D eigenvalue weighted by Gasteiger charge is -2.13. The van der Waals surface area contributed by atoms with Gasteiger partial charge in [0.05, 0.1) is 0 Å². The summed E-state index contributed by atoms with van der Waals surface area (Å²) >= 11 is 0. The fraction of sp³-hybridized carbons (Fsp3) is 0.235. The molecule has 120 valence electrons. The SMILES string of the molecule is CN(C)CCc1ccccc1NC(=O)c1cccc(C(N)=O)n1. The van der Waals surface area contributed by atoms with E-state index in [1.54, 1.807) is 12.1 Å². The Morgan fingerprint density at radius 2 is 1.78 bits per heavy atom. The zero-order valence-corrected chi connectivity index (χ0v) is 13.2. The summed E-state index contributed by atoms with van der Waals surface area (Å²) < 4.78 is 0. The third-order valence-electron chi connectivity index (χ3n) is 3.33. The number of primary amides is 1. The van der Waals surface area contributed by atoms with Gasteiger partial charge in [0.1, 0.15) is 11.4 Å². The van der Waals surface area contributed by atoms with E-state index in [1.807, 2.05) is 38.4 Å². The van der Waals surface area contributed by atoms with E-state index in [0.717, 1.165) is 24.2 Å². The predicted molar refractivity (Wildman–Crippen MR) is 89.4 cm³/mol. The van der Waals surface area contributed by atoms with Crippen LogP contribution in [0.3, 0.4) is 0 Å². The van der Waals surface area contributed by atoms with Crippen LogP contribution in [0.4, 0.5) is 5.69 Å². The largest absolute Gasteiger partial charge is 0.364 e. The van der Waals surface area contributed by atoms with E-state index in [4.69, 9.17) is 5.73 Å². The minimum atomic E-state index is -0.661. The van der Waals surface area contributed by atoms with Gasteiger partial charge in [-0.2, -0.15) is 0 Å². The van der Waals surface area contributed by atoms with Gasteiger partial charge in [-0.25, -0.2) is 4.98 Å². The third-order valence-corrected chi connectivity index (χ3v) is 3.33. The molecule has 0 bridgehead atoms. The van der Waals surface area contributed by atoms with E-state index >= 15 is 0 Å². The van der Waals surface area contributed by atoms with E-state index in [9.17, 15) is 9.59 Å². The van der Waals surface area contributed by atoms with Gasteiger partial charge in [-0.3, -0.25) is 9.59 Å². The standard InChI is InChI=1S/C17H20N4O2/c1-21(2)11-10-12-6-3-4-7-13(12)20-17(23)15-9-5-8-14(19-15)16(18)22/h3-9H,10-11H2,1-2H3,(H2,18,22)(H,20,23). The molecule has 0 unspecified atom stereocenters. The maximum atomic E-state index is 12.3. The van der Waals surface area contributed by atoms with Crippen molar-refractivity contribution in [3.63, 3.8) is 0 Å². The van der Waals surface area contributed by atoms with E-state index in [0.29, 0.717) is 0 Å². The highest BCUT2D eigenvalue weighted by molar-refractivity contribution is 6.04. The molecule has 2 amide bonds. The van der Waals surface area contributed by atoms with Crippen molar-refractivity contribution in [2.24, 2.45) is 5.73 Å². The molecule has 2 rings (SSSR count). The van der Waals surface area contributed by atoms with Crippen LogP contribution in [0.25, 0.3) is 0 Å². The number of likely N-dealkylation sites (N-methyl/N-ethyl adjacent to an activating group) is 1. The van der Waals surface area contributed by atoms with Crippen LogP contribution in [0.15, 0.2) is 42.5 Å². The molecule has 0 saturated carbocycles. The highest BCUT2D eigenvalue weighted by Gasteiger charge is 2.12. The summed E-state index contributed by atoms with van der Waals surface area (Å²) in [5.41, 5.74) is 7.20. The fourth-order valence-corrected chi connectivity index (χ4v) is 2.09. The molecule has 2 aromatic rings. The number of aromatic nitrogens is 1. The number of hydrogen-bond donors (Lipinski definition) is 2. The molecule has 23 heavy (non-hydrogen) atoms. The Balaban J connectivity index is 2.17. The average Bonchev–Trinajstić information content (AvgIpc) is 2.54. The van der Waals surface area contributed by atoms with Gasteiger partial charge in [-0.15, -0.1) is 0 Å². The van der Waals surface area contributed by atoms with Crippen LogP contribution in [0.1, 0.15) is 26.5 Å². The first-order chi connectivity index (χ1) is 11.0. The highest BCUT2D eigenvalue weighted by Crippen LogP contribution is 2.17. The van der Waals surface area contributed by atoms with Crippen molar-refractivity contribution in [2.75, 3.05) is 26.0 Å². The number of para-hydroxylation sites is 1. The third kappa shape index (κ3) is 4.62. The second-order valence-electron chi connectivity index (χ2n) is 5.44. The Hall–Kier alpha value is -2.73. The lowest BCUT2D eigenvalue weighted by atomic mass is 10.1. The number of benzene rings is 1. The van der Waals surface area contributed by atoms with Gasteiger partial charge in [0.2, 0.25) is 0 Å². The van der Waals surface area contributed by atoms with Crippen molar-refractivity contribution >= 4 is 17.5 Å². The molecule has 0 aliphatic heterocycles. The lowest BCUT2D eigenvalue weighted by molar-refractivity contribution is 0.0995. The van der Waals surface area contributed by atoms with Crippen molar-refractivity contribution in [1.29, 1.82) is 0 Å². The number of amides is 2. The van der Waals surface area contributed by atoms with Gasteiger partial charge < -0.3 is 16.0 Å². The molecule has 1 aromatic carbocycles. The number of nitrogens with one attached hydrogen (secondary N) is 1. The van der Waals surface area contributed by atoms with E-state index in [1.165, 1.54) is 6.07 Å². The Kier molecular flexibility index (Phi) is 5.43. The molecule has 6 heteroatoms. The summed E-state index contributed by atoms with van der Waals surface area (Å²) in [5.74, 6) is -1.03. The Bertz CT molecular complexity index is 713. The van der Waals surface area contributed by atoms with Crippen LogP contribution in [-0.4, -0.2) is 42.3 Å². The second kappa shape index (κ2) is 7.51. The lowest BCUT2D eigenvalue weighted by Crippen LogP contribution is -2.20.